The Labute approximate surface area is 127 Å². The summed E-state index contributed by atoms with van der Waals surface area (Å²) in [5.74, 6) is 0.892. The van der Waals surface area contributed by atoms with Crippen molar-refractivity contribution >= 4 is 5.91 Å². The predicted octanol–water partition coefficient (Wildman–Crippen LogP) is 2.71. The van der Waals surface area contributed by atoms with Gasteiger partial charge in [-0.2, -0.15) is 0 Å². The number of rotatable bonds is 5. The second kappa shape index (κ2) is 6.94. The number of likely N-dealkylation sites (N-methyl/N-ethyl adjacent to an activating group) is 1. The lowest BCUT2D eigenvalue weighted by Crippen LogP contribution is -2.55. The van der Waals surface area contributed by atoms with Gasteiger partial charge in [0, 0.05) is 19.2 Å². The summed E-state index contributed by atoms with van der Waals surface area (Å²) in [6.07, 6.45) is 4.87. The van der Waals surface area contributed by atoms with E-state index in [-0.39, 0.29) is 5.91 Å². The molecule has 0 saturated heterocycles. The Kier molecular flexibility index (Phi) is 5.23. The maximum atomic E-state index is 12.7. The van der Waals surface area contributed by atoms with Crippen LogP contribution < -0.4 is 10.5 Å². The van der Waals surface area contributed by atoms with Crippen molar-refractivity contribution in [1.82, 2.24) is 4.90 Å². The average Bonchev–Trinajstić information content (AvgIpc) is 2.49. The molecule has 0 radical (unpaired) electrons. The summed E-state index contributed by atoms with van der Waals surface area (Å²) in [4.78, 5) is 14.4. The summed E-state index contributed by atoms with van der Waals surface area (Å²) in [5, 5.41) is 0. The quantitative estimate of drug-likeness (QED) is 0.907. The molecule has 0 aliphatic heterocycles. The van der Waals surface area contributed by atoms with E-state index in [4.69, 9.17) is 10.5 Å². The van der Waals surface area contributed by atoms with E-state index < -0.39 is 5.54 Å². The van der Waals surface area contributed by atoms with Crippen LogP contribution in [0.3, 0.4) is 0 Å². The molecule has 2 N–H and O–H groups in total. The van der Waals surface area contributed by atoms with Crippen LogP contribution in [0.4, 0.5) is 0 Å². The number of carbonyl (C=O) groups excluding carboxylic acids is 1. The van der Waals surface area contributed by atoms with Crippen molar-refractivity contribution in [1.29, 1.82) is 0 Å². The Morgan fingerprint density at radius 3 is 2.62 bits per heavy atom. The number of hydrogen-bond acceptors (Lipinski definition) is 3. The highest BCUT2D eigenvalue weighted by atomic mass is 16.5. The Morgan fingerprint density at radius 2 is 1.95 bits per heavy atom. The van der Waals surface area contributed by atoms with Crippen molar-refractivity contribution in [2.75, 3.05) is 13.7 Å². The minimum atomic E-state index is -0.673. The highest BCUT2D eigenvalue weighted by Crippen LogP contribution is 2.28. The third-order valence-corrected chi connectivity index (χ3v) is 4.20. The number of benzene rings is 1. The second-order valence-corrected chi connectivity index (χ2v) is 5.92. The van der Waals surface area contributed by atoms with Gasteiger partial charge in [0.1, 0.15) is 5.75 Å². The minimum Gasteiger partial charge on any atom is -0.494 e. The first-order valence-corrected chi connectivity index (χ1v) is 7.82. The fourth-order valence-corrected chi connectivity index (χ4v) is 3.03. The fourth-order valence-electron chi connectivity index (χ4n) is 3.03. The highest BCUT2D eigenvalue weighted by Gasteiger charge is 2.37. The Bertz CT molecular complexity index is 481. The molecule has 1 aromatic rings. The van der Waals surface area contributed by atoms with Gasteiger partial charge in [-0.25, -0.2) is 0 Å². The van der Waals surface area contributed by atoms with Crippen molar-refractivity contribution in [2.24, 2.45) is 5.73 Å². The van der Waals surface area contributed by atoms with Crippen molar-refractivity contribution in [2.45, 2.75) is 51.1 Å². The molecule has 1 aromatic carbocycles. The van der Waals surface area contributed by atoms with Crippen molar-refractivity contribution < 1.29 is 9.53 Å². The standard InChI is InChI=1S/C17H26N2O2/c1-3-21-15-10-6-5-9-14(15)13-19(2)16(20)17(18)11-7-4-8-12-17/h5-6,9-10H,3-4,7-8,11-13,18H2,1-2H3. The van der Waals surface area contributed by atoms with E-state index >= 15 is 0 Å². The Hall–Kier alpha value is -1.55. The Morgan fingerprint density at radius 1 is 1.29 bits per heavy atom. The van der Waals surface area contributed by atoms with Gasteiger partial charge in [0.2, 0.25) is 5.91 Å². The lowest BCUT2D eigenvalue weighted by atomic mass is 9.81. The first-order valence-electron chi connectivity index (χ1n) is 7.82. The zero-order valence-corrected chi connectivity index (χ0v) is 13.1. The topological polar surface area (TPSA) is 55.6 Å². The minimum absolute atomic E-state index is 0.0495. The third-order valence-electron chi connectivity index (χ3n) is 4.20. The van der Waals surface area contributed by atoms with Crippen LogP contribution in [0.25, 0.3) is 0 Å². The zero-order chi connectivity index (χ0) is 15.3. The summed E-state index contributed by atoms with van der Waals surface area (Å²) >= 11 is 0. The van der Waals surface area contributed by atoms with Gasteiger partial charge in [-0.1, -0.05) is 37.5 Å². The maximum absolute atomic E-state index is 12.7. The molecule has 0 spiro atoms. The number of amides is 1. The third kappa shape index (κ3) is 3.76. The molecule has 1 fully saturated rings. The summed E-state index contributed by atoms with van der Waals surface area (Å²) in [7, 11) is 1.83. The summed E-state index contributed by atoms with van der Waals surface area (Å²) < 4.78 is 5.62. The first kappa shape index (κ1) is 15.8. The zero-order valence-electron chi connectivity index (χ0n) is 13.1. The van der Waals surface area contributed by atoms with Crippen LogP contribution in [-0.4, -0.2) is 30.0 Å². The largest absolute Gasteiger partial charge is 0.494 e. The lowest BCUT2D eigenvalue weighted by Gasteiger charge is -2.35. The summed E-state index contributed by atoms with van der Waals surface area (Å²) in [5.41, 5.74) is 6.68. The van der Waals surface area contributed by atoms with Gasteiger partial charge < -0.3 is 15.4 Å². The smallest absolute Gasteiger partial charge is 0.242 e. The number of carbonyl (C=O) groups is 1. The predicted molar refractivity (Wildman–Crippen MR) is 84.1 cm³/mol. The molecule has 0 bridgehead atoms. The molecule has 4 heteroatoms. The van der Waals surface area contributed by atoms with Gasteiger partial charge in [0.05, 0.1) is 12.1 Å². The van der Waals surface area contributed by atoms with Crippen LogP contribution in [0.5, 0.6) is 5.75 Å². The molecule has 2 rings (SSSR count). The van der Waals surface area contributed by atoms with E-state index in [0.717, 1.165) is 37.0 Å². The van der Waals surface area contributed by atoms with Crippen LogP contribution in [0.15, 0.2) is 24.3 Å². The first-order chi connectivity index (χ1) is 10.1. The van der Waals surface area contributed by atoms with Crippen LogP contribution >= 0.6 is 0 Å². The number of nitrogens with zero attached hydrogens (tertiary/aromatic N) is 1. The molecule has 1 aliphatic carbocycles. The molecule has 0 atom stereocenters. The van der Waals surface area contributed by atoms with Gasteiger partial charge in [-0.3, -0.25) is 4.79 Å². The monoisotopic (exact) mass is 290 g/mol. The maximum Gasteiger partial charge on any atom is 0.242 e. The molecule has 116 valence electrons. The van der Waals surface area contributed by atoms with Gasteiger partial charge >= 0.3 is 0 Å². The molecule has 1 amide bonds. The fraction of sp³-hybridized carbons (Fsp3) is 0.588. The van der Waals surface area contributed by atoms with E-state index in [0.29, 0.717) is 13.2 Å². The normalized spacial score (nSPS) is 17.3. The van der Waals surface area contributed by atoms with Gasteiger partial charge in [0.15, 0.2) is 0 Å². The molecular weight excluding hydrogens is 264 g/mol. The SMILES string of the molecule is CCOc1ccccc1CN(C)C(=O)C1(N)CCCCC1. The molecule has 1 aliphatic rings. The van der Waals surface area contributed by atoms with Gasteiger partial charge in [-0.15, -0.1) is 0 Å². The van der Waals surface area contributed by atoms with E-state index in [9.17, 15) is 4.79 Å². The number of para-hydroxylation sites is 1. The lowest BCUT2D eigenvalue weighted by molar-refractivity contribution is -0.137. The van der Waals surface area contributed by atoms with E-state index in [1.54, 1.807) is 4.90 Å². The summed E-state index contributed by atoms with van der Waals surface area (Å²) in [6, 6.07) is 7.85. The number of nitrogens with two attached hydrogens (primary N) is 1. The van der Waals surface area contributed by atoms with E-state index in [1.165, 1.54) is 6.42 Å². The van der Waals surface area contributed by atoms with Gasteiger partial charge in [-0.05, 0) is 25.8 Å². The molecule has 0 unspecified atom stereocenters. The van der Waals surface area contributed by atoms with Crippen LogP contribution in [-0.2, 0) is 11.3 Å². The van der Waals surface area contributed by atoms with Crippen LogP contribution in [0.2, 0.25) is 0 Å². The highest BCUT2D eigenvalue weighted by molar-refractivity contribution is 5.86. The summed E-state index contributed by atoms with van der Waals surface area (Å²) in [6.45, 7) is 3.12. The Balaban J connectivity index is 2.07. The van der Waals surface area contributed by atoms with Crippen LogP contribution in [0, 0.1) is 0 Å². The number of hydrogen-bond donors (Lipinski definition) is 1. The van der Waals surface area contributed by atoms with Crippen molar-refractivity contribution in [3.05, 3.63) is 29.8 Å². The van der Waals surface area contributed by atoms with Crippen LogP contribution in [0.1, 0.15) is 44.6 Å². The molecule has 0 heterocycles. The van der Waals surface area contributed by atoms with E-state index in [1.807, 2.05) is 38.2 Å². The molecular formula is C17H26N2O2. The van der Waals surface area contributed by atoms with Crippen molar-refractivity contribution in [3.8, 4) is 5.75 Å². The number of ether oxygens (including phenoxy) is 1. The molecule has 4 nitrogen and oxygen atoms in total. The van der Waals surface area contributed by atoms with E-state index in [2.05, 4.69) is 0 Å². The molecule has 0 aromatic heterocycles. The van der Waals surface area contributed by atoms with Gasteiger partial charge in [0.25, 0.3) is 0 Å². The average molecular weight is 290 g/mol. The second-order valence-electron chi connectivity index (χ2n) is 5.92. The molecule has 1 saturated carbocycles. The van der Waals surface area contributed by atoms with Crippen molar-refractivity contribution in [3.63, 3.8) is 0 Å². The molecule has 21 heavy (non-hydrogen) atoms.